The highest BCUT2D eigenvalue weighted by Crippen LogP contribution is 2.38. The van der Waals surface area contributed by atoms with Gasteiger partial charge in [-0.05, 0) is 30.9 Å². The number of hydrogen-bond donors (Lipinski definition) is 2. The van der Waals surface area contributed by atoms with Gasteiger partial charge in [-0.25, -0.2) is 18.4 Å². The molecule has 9 nitrogen and oxygen atoms in total. The predicted octanol–water partition coefficient (Wildman–Crippen LogP) is 1.53. The molecular formula is C18H16FN5O4S. The van der Waals surface area contributed by atoms with Crippen molar-refractivity contribution in [3.05, 3.63) is 36.4 Å². The summed E-state index contributed by atoms with van der Waals surface area (Å²) in [6.07, 6.45) is 5.86. The third-order valence-corrected chi connectivity index (χ3v) is 6.40. The Morgan fingerprint density at radius 1 is 1.31 bits per heavy atom. The van der Waals surface area contributed by atoms with Gasteiger partial charge in [0, 0.05) is 23.7 Å². The van der Waals surface area contributed by atoms with Gasteiger partial charge in [-0.1, -0.05) is 6.07 Å². The fourth-order valence-corrected chi connectivity index (χ4v) is 4.57. The number of aromatic nitrogens is 3. The van der Waals surface area contributed by atoms with Gasteiger partial charge in [0.05, 0.1) is 11.9 Å². The molecule has 29 heavy (non-hydrogen) atoms. The van der Waals surface area contributed by atoms with Gasteiger partial charge < -0.3 is 5.11 Å². The standard InChI is InChI=1S/C18H16FN5O4S/c19-16-17-11(5-14(25)18(16)24-9-15(26)22-29(24,27)28)3-4-13(21-17)12-6-20-23(8-12)7-10-1-2-10/h3-6,8,10,25H,1-2,7,9H2,(H,22,26). The lowest BCUT2D eigenvalue weighted by atomic mass is 10.1. The minimum atomic E-state index is -4.27. The minimum absolute atomic E-state index is 0.111. The van der Waals surface area contributed by atoms with Crippen molar-refractivity contribution in [2.45, 2.75) is 19.4 Å². The SMILES string of the molecule is O=C1CN(c2c(O)cc3ccc(-c4cnn(CC5CC5)c4)nc3c2F)S(=O)(=O)N1. The number of carbonyl (C=O) groups excluding carboxylic acids is 1. The highest BCUT2D eigenvalue weighted by molar-refractivity contribution is 7.92. The second kappa shape index (κ2) is 6.14. The Labute approximate surface area is 165 Å². The fourth-order valence-electron chi connectivity index (χ4n) is 3.41. The molecule has 1 saturated carbocycles. The van der Waals surface area contributed by atoms with Crippen molar-refractivity contribution in [1.29, 1.82) is 0 Å². The molecule has 11 heteroatoms. The van der Waals surface area contributed by atoms with E-state index < -0.39 is 39.9 Å². The summed E-state index contributed by atoms with van der Waals surface area (Å²) in [6, 6.07) is 4.49. The number of carbonyl (C=O) groups is 1. The molecule has 3 aromatic rings. The highest BCUT2D eigenvalue weighted by atomic mass is 32.2. The second-order valence-corrected chi connectivity index (χ2v) is 8.85. The number of halogens is 1. The summed E-state index contributed by atoms with van der Waals surface area (Å²) in [5.41, 5.74) is 0.450. The average Bonchev–Trinajstić information content (AvgIpc) is 3.26. The summed E-state index contributed by atoms with van der Waals surface area (Å²) in [7, 11) is -4.27. The molecule has 150 valence electrons. The van der Waals surface area contributed by atoms with Crippen LogP contribution in [-0.2, 0) is 21.5 Å². The average molecular weight is 417 g/mol. The van der Waals surface area contributed by atoms with E-state index in [1.165, 1.54) is 18.9 Å². The van der Waals surface area contributed by atoms with Crippen LogP contribution in [0.3, 0.4) is 0 Å². The zero-order valence-electron chi connectivity index (χ0n) is 15.0. The smallest absolute Gasteiger partial charge is 0.326 e. The summed E-state index contributed by atoms with van der Waals surface area (Å²) < 4.78 is 43.5. The van der Waals surface area contributed by atoms with Gasteiger partial charge in [0.25, 0.3) is 5.91 Å². The number of nitrogens with zero attached hydrogens (tertiary/aromatic N) is 4. The Morgan fingerprint density at radius 3 is 2.79 bits per heavy atom. The Hall–Kier alpha value is -3.21. The molecule has 3 heterocycles. The molecule has 0 atom stereocenters. The molecule has 2 fully saturated rings. The number of hydrogen-bond acceptors (Lipinski definition) is 6. The maximum absolute atomic E-state index is 15.2. The van der Waals surface area contributed by atoms with E-state index in [0.717, 1.165) is 6.54 Å². The van der Waals surface area contributed by atoms with Crippen molar-refractivity contribution in [2.24, 2.45) is 5.92 Å². The van der Waals surface area contributed by atoms with Gasteiger partial charge >= 0.3 is 10.2 Å². The summed E-state index contributed by atoms with van der Waals surface area (Å²) in [4.78, 5) is 15.8. The first-order valence-corrected chi connectivity index (χ1v) is 10.4. The third kappa shape index (κ3) is 3.07. The summed E-state index contributed by atoms with van der Waals surface area (Å²) >= 11 is 0. The number of amides is 1. The van der Waals surface area contributed by atoms with Gasteiger partial charge in [-0.3, -0.25) is 9.48 Å². The van der Waals surface area contributed by atoms with Gasteiger partial charge in [0.2, 0.25) is 0 Å². The molecule has 1 aliphatic carbocycles. The van der Waals surface area contributed by atoms with Crippen LogP contribution in [0.15, 0.2) is 30.6 Å². The summed E-state index contributed by atoms with van der Waals surface area (Å²) in [6.45, 7) is 0.208. The van der Waals surface area contributed by atoms with E-state index >= 15 is 4.39 Å². The Balaban J connectivity index is 1.60. The van der Waals surface area contributed by atoms with Gasteiger partial charge in [0.15, 0.2) is 5.82 Å². The zero-order valence-corrected chi connectivity index (χ0v) is 15.9. The molecule has 1 aliphatic heterocycles. The number of fused-ring (bicyclic) bond motifs is 1. The molecule has 2 aromatic heterocycles. The van der Waals surface area contributed by atoms with E-state index in [1.54, 1.807) is 23.1 Å². The van der Waals surface area contributed by atoms with Crippen LogP contribution in [0.5, 0.6) is 5.75 Å². The van der Waals surface area contributed by atoms with E-state index in [9.17, 15) is 18.3 Å². The van der Waals surface area contributed by atoms with Crippen molar-refractivity contribution < 1.29 is 22.7 Å². The van der Waals surface area contributed by atoms with Crippen molar-refractivity contribution >= 4 is 32.7 Å². The largest absolute Gasteiger partial charge is 0.506 e. The zero-order chi connectivity index (χ0) is 20.3. The predicted molar refractivity (Wildman–Crippen MR) is 102 cm³/mol. The van der Waals surface area contributed by atoms with Crippen molar-refractivity contribution in [3.8, 4) is 17.0 Å². The molecule has 2 N–H and O–H groups in total. The molecule has 0 unspecified atom stereocenters. The van der Waals surface area contributed by atoms with Crippen LogP contribution in [-0.4, -0.2) is 40.7 Å². The molecule has 5 rings (SSSR count). The second-order valence-electron chi connectivity index (χ2n) is 7.26. The lowest BCUT2D eigenvalue weighted by molar-refractivity contribution is -0.117. The number of anilines is 1. The number of aromatic hydroxyl groups is 1. The number of benzene rings is 1. The van der Waals surface area contributed by atoms with Crippen molar-refractivity contribution in [2.75, 3.05) is 10.8 Å². The number of phenols is 1. The first-order chi connectivity index (χ1) is 13.8. The van der Waals surface area contributed by atoms with E-state index in [2.05, 4.69) is 10.1 Å². The molecule has 0 bridgehead atoms. The Bertz CT molecular complexity index is 1270. The van der Waals surface area contributed by atoms with Gasteiger partial charge in [0.1, 0.15) is 23.5 Å². The first-order valence-electron chi connectivity index (χ1n) is 9.00. The van der Waals surface area contributed by atoms with Crippen LogP contribution in [0.4, 0.5) is 10.1 Å². The molecule has 0 spiro atoms. The minimum Gasteiger partial charge on any atom is -0.506 e. The molecule has 1 aromatic carbocycles. The maximum atomic E-state index is 15.2. The van der Waals surface area contributed by atoms with E-state index in [-0.39, 0.29) is 5.52 Å². The van der Waals surface area contributed by atoms with Crippen LogP contribution in [0, 0.1) is 11.7 Å². The van der Waals surface area contributed by atoms with Crippen molar-refractivity contribution in [3.63, 3.8) is 0 Å². The first kappa shape index (κ1) is 17.9. The fraction of sp³-hybridized carbons (Fsp3) is 0.278. The summed E-state index contributed by atoms with van der Waals surface area (Å²) in [5.74, 6) is -1.78. The van der Waals surface area contributed by atoms with Crippen LogP contribution in [0.25, 0.3) is 22.2 Å². The maximum Gasteiger partial charge on any atom is 0.326 e. The Morgan fingerprint density at radius 2 is 2.10 bits per heavy atom. The van der Waals surface area contributed by atoms with E-state index in [4.69, 9.17) is 0 Å². The lowest BCUT2D eigenvalue weighted by Crippen LogP contribution is -2.30. The van der Waals surface area contributed by atoms with Crippen LogP contribution >= 0.6 is 0 Å². The third-order valence-electron chi connectivity index (χ3n) is 5.02. The number of nitrogens with one attached hydrogen (secondary N) is 1. The normalized spacial score (nSPS) is 18.4. The van der Waals surface area contributed by atoms with Crippen molar-refractivity contribution in [1.82, 2.24) is 19.5 Å². The molecule has 0 radical (unpaired) electrons. The topological polar surface area (TPSA) is 117 Å². The molecule has 2 aliphatic rings. The highest BCUT2D eigenvalue weighted by Gasteiger charge is 2.38. The van der Waals surface area contributed by atoms with Crippen LogP contribution < -0.4 is 9.03 Å². The summed E-state index contributed by atoms with van der Waals surface area (Å²) in [5, 5.41) is 14.8. The van der Waals surface area contributed by atoms with Gasteiger partial charge in [-0.2, -0.15) is 13.5 Å². The quantitative estimate of drug-likeness (QED) is 0.665. The number of phenolic OH excluding ortho intramolecular Hbond substituents is 1. The number of pyridine rings is 1. The molecular weight excluding hydrogens is 401 g/mol. The molecule has 1 saturated heterocycles. The Kier molecular flexibility index (Phi) is 3.78. The monoisotopic (exact) mass is 417 g/mol. The molecule has 1 amide bonds. The number of rotatable bonds is 4. The lowest BCUT2D eigenvalue weighted by Gasteiger charge is -2.18. The van der Waals surface area contributed by atoms with Gasteiger partial charge in [-0.15, -0.1) is 0 Å². The van der Waals surface area contributed by atoms with E-state index in [0.29, 0.717) is 26.9 Å². The van der Waals surface area contributed by atoms with E-state index in [1.807, 2.05) is 10.9 Å². The van der Waals surface area contributed by atoms with Crippen LogP contribution in [0.2, 0.25) is 0 Å². The van der Waals surface area contributed by atoms with Crippen LogP contribution in [0.1, 0.15) is 12.8 Å².